The van der Waals surface area contributed by atoms with Gasteiger partial charge in [0, 0.05) is 15.1 Å². The lowest BCUT2D eigenvalue weighted by Crippen LogP contribution is -2.28. The van der Waals surface area contributed by atoms with Crippen molar-refractivity contribution in [2.45, 2.75) is 18.5 Å². The maximum atomic E-state index is 14.4. The van der Waals surface area contributed by atoms with Crippen LogP contribution in [0.4, 0.5) is 10.3 Å². The van der Waals surface area contributed by atoms with E-state index in [0.29, 0.717) is 23.0 Å². The fourth-order valence-electron chi connectivity index (χ4n) is 3.10. The number of nitrogens with zero attached hydrogens (tertiary/aromatic N) is 3. The minimum Gasteiger partial charge on any atom is -0.348 e. The Morgan fingerprint density at radius 3 is 2.75 bits per heavy atom. The van der Waals surface area contributed by atoms with E-state index >= 15 is 0 Å². The molecule has 1 N–H and O–H groups in total. The Kier molecular flexibility index (Phi) is 4.02. The van der Waals surface area contributed by atoms with Crippen LogP contribution in [0.1, 0.15) is 29.6 Å². The first-order chi connectivity index (χ1) is 11.6. The van der Waals surface area contributed by atoms with E-state index in [2.05, 4.69) is 31.3 Å². The number of nitrogens with one attached hydrogen (secondary N) is 1. The number of aromatic nitrogens is 3. The monoisotopic (exact) mass is 406 g/mol. The van der Waals surface area contributed by atoms with E-state index in [1.165, 1.54) is 12.4 Å². The van der Waals surface area contributed by atoms with Crippen molar-refractivity contribution in [2.24, 2.45) is 0 Å². The number of rotatable bonds is 2. The lowest BCUT2D eigenvalue weighted by molar-refractivity contribution is 0.416. The molecule has 0 amide bonds. The zero-order valence-electron chi connectivity index (χ0n) is 12.5. The highest BCUT2D eigenvalue weighted by atomic mass is 79.9. The minimum absolute atomic E-state index is 0.00419. The highest BCUT2D eigenvalue weighted by Crippen LogP contribution is 2.40. The molecule has 1 aliphatic rings. The van der Waals surface area contributed by atoms with Gasteiger partial charge in [0.25, 0.3) is 0 Å². The van der Waals surface area contributed by atoms with Crippen molar-refractivity contribution >= 4 is 33.5 Å². The Morgan fingerprint density at radius 1 is 1.21 bits per heavy atom. The van der Waals surface area contributed by atoms with Crippen LogP contribution >= 0.6 is 27.5 Å². The topological polar surface area (TPSA) is 42.7 Å². The molecule has 0 fully saturated rings. The van der Waals surface area contributed by atoms with E-state index in [9.17, 15) is 4.39 Å². The zero-order valence-corrected chi connectivity index (χ0v) is 14.8. The molecule has 0 aliphatic carbocycles. The molecule has 3 aromatic rings. The van der Waals surface area contributed by atoms with Crippen molar-refractivity contribution in [3.05, 3.63) is 75.2 Å². The molecule has 0 radical (unpaired) electrons. The molecule has 24 heavy (non-hydrogen) atoms. The molecular weight excluding hydrogens is 395 g/mol. The summed E-state index contributed by atoms with van der Waals surface area (Å²) in [6, 6.07) is 12.5. The molecule has 0 saturated carbocycles. The molecule has 7 heteroatoms. The Morgan fingerprint density at radius 2 is 2.00 bits per heavy atom. The smallest absolute Gasteiger partial charge is 0.222 e. The van der Waals surface area contributed by atoms with Crippen molar-refractivity contribution < 1.29 is 4.39 Å². The van der Waals surface area contributed by atoms with E-state index in [4.69, 9.17) is 11.6 Å². The van der Waals surface area contributed by atoms with Gasteiger partial charge in [0.1, 0.15) is 12.1 Å². The molecule has 4 rings (SSSR count). The fraction of sp³-hybridized carbons (Fsp3) is 0.176. The van der Waals surface area contributed by atoms with Gasteiger partial charge in [-0.05, 0) is 36.2 Å². The molecule has 2 aromatic carbocycles. The minimum atomic E-state index is -0.328. The Bertz CT molecular complexity index is 860. The van der Waals surface area contributed by atoms with Gasteiger partial charge < -0.3 is 5.32 Å². The number of anilines is 1. The summed E-state index contributed by atoms with van der Waals surface area (Å²) in [5.41, 5.74) is 1.56. The van der Waals surface area contributed by atoms with Crippen LogP contribution in [0.5, 0.6) is 0 Å². The number of benzene rings is 2. The molecule has 2 atom stereocenters. The van der Waals surface area contributed by atoms with Crippen LogP contribution in [-0.4, -0.2) is 14.8 Å². The fourth-order valence-corrected chi connectivity index (χ4v) is 3.66. The number of hydrogen-bond acceptors (Lipinski definition) is 3. The lowest BCUT2D eigenvalue weighted by atomic mass is 9.93. The highest BCUT2D eigenvalue weighted by Gasteiger charge is 2.32. The molecular formula is C17H13BrClFN4. The second kappa shape index (κ2) is 6.18. The van der Waals surface area contributed by atoms with Crippen molar-refractivity contribution in [1.29, 1.82) is 0 Å². The second-order valence-corrected chi connectivity index (χ2v) is 6.99. The highest BCUT2D eigenvalue weighted by molar-refractivity contribution is 9.10. The van der Waals surface area contributed by atoms with Gasteiger partial charge >= 0.3 is 0 Å². The molecule has 1 aromatic heterocycles. The summed E-state index contributed by atoms with van der Waals surface area (Å²) in [5, 5.41) is 8.01. The molecule has 2 heterocycles. The van der Waals surface area contributed by atoms with Crippen LogP contribution < -0.4 is 5.32 Å². The summed E-state index contributed by atoms with van der Waals surface area (Å²) in [5.74, 6) is 0.281. The predicted octanol–water partition coefficient (Wildman–Crippen LogP) is 4.98. The van der Waals surface area contributed by atoms with Crippen molar-refractivity contribution in [1.82, 2.24) is 14.8 Å². The average molecular weight is 408 g/mol. The number of halogens is 3. The predicted molar refractivity (Wildman–Crippen MR) is 94.7 cm³/mol. The summed E-state index contributed by atoms with van der Waals surface area (Å²) in [6.07, 6.45) is 2.09. The van der Waals surface area contributed by atoms with Crippen molar-refractivity contribution in [2.75, 3.05) is 5.32 Å². The SMILES string of the molecule is Fc1cccc(Cl)c1[C@H]1C[C@@H](c2ccc(Br)cc2)Nc2ncnn21. The first kappa shape index (κ1) is 15.6. The van der Waals surface area contributed by atoms with Gasteiger partial charge in [0.15, 0.2) is 0 Å². The zero-order chi connectivity index (χ0) is 16.7. The van der Waals surface area contributed by atoms with Gasteiger partial charge in [-0.25, -0.2) is 9.07 Å². The molecule has 4 nitrogen and oxygen atoms in total. The van der Waals surface area contributed by atoms with E-state index < -0.39 is 0 Å². The van der Waals surface area contributed by atoms with Gasteiger partial charge in [-0.15, -0.1) is 0 Å². The first-order valence-electron chi connectivity index (χ1n) is 7.49. The summed E-state index contributed by atoms with van der Waals surface area (Å²) >= 11 is 9.73. The second-order valence-electron chi connectivity index (χ2n) is 5.66. The van der Waals surface area contributed by atoms with E-state index in [1.54, 1.807) is 16.8 Å². The van der Waals surface area contributed by atoms with Crippen molar-refractivity contribution in [3.8, 4) is 0 Å². The average Bonchev–Trinajstić information content (AvgIpc) is 3.04. The van der Waals surface area contributed by atoms with Gasteiger partial charge in [-0.3, -0.25) is 0 Å². The normalized spacial score (nSPS) is 19.6. The quantitative estimate of drug-likeness (QED) is 0.651. The van der Waals surface area contributed by atoms with E-state index in [1.807, 2.05) is 24.3 Å². The molecule has 0 unspecified atom stereocenters. The van der Waals surface area contributed by atoms with Gasteiger partial charge in [-0.1, -0.05) is 45.7 Å². The molecule has 0 saturated heterocycles. The Balaban J connectivity index is 1.78. The molecule has 122 valence electrons. The summed E-state index contributed by atoms with van der Waals surface area (Å²) in [7, 11) is 0. The summed E-state index contributed by atoms with van der Waals surface area (Å²) < 4.78 is 17.2. The van der Waals surface area contributed by atoms with Gasteiger partial charge in [0.2, 0.25) is 5.95 Å². The third kappa shape index (κ3) is 2.70. The van der Waals surface area contributed by atoms with Crippen LogP contribution in [0, 0.1) is 5.82 Å². The van der Waals surface area contributed by atoms with Gasteiger partial charge in [-0.2, -0.15) is 10.1 Å². The largest absolute Gasteiger partial charge is 0.348 e. The number of fused-ring (bicyclic) bond motifs is 1. The molecule has 0 spiro atoms. The molecule has 1 aliphatic heterocycles. The molecule has 0 bridgehead atoms. The number of hydrogen-bond donors (Lipinski definition) is 1. The van der Waals surface area contributed by atoms with Crippen LogP contribution in [0.15, 0.2) is 53.3 Å². The Labute approximate surface area is 151 Å². The van der Waals surface area contributed by atoms with Crippen LogP contribution in [-0.2, 0) is 0 Å². The maximum absolute atomic E-state index is 14.4. The van der Waals surface area contributed by atoms with Crippen molar-refractivity contribution in [3.63, 3.8) is 0 Å². The first-order valence-corrected chi connectivity index (χ1v) is 8.66. The maximum Gasteiger partial charge on any atom is 0.222 e. The summed E-state index contributed by atoms with van der Waals surface area (Å²) in [4.78, 5) is 4.25. The lowest BCUT2D eigenvalue weighted by Gasteiger charge is -2.32. The van der Waals surface area contributed by atoms with Gasteiger partial charge in [0.05, 0.1) is 12.1 Å². The standard InChI is InChI=1S/C17H13BrClFN4/c18-11-6-4-10(5-7-11)14-8-15(24-17(23-14)21-9-22-24)16-12(19)2-1-3-13(16)20/h1-7,9,14-15H,8H2,(H,21,22,23)/t14-,15+/m0/s1. The van der Waals surface area contributed by atoms with Crippen LogP contribution in [0.25, 0.3) is 0 Å². The van der Waals surface area contributed by atoms with Crippen LogP contribution in [0.3, 0.4) is 0 Å². The summed E-state index contributed by atoms with van der Waals surface area (Å²) in [6.45, 7) is 0. The van der Waals surface area contributed by atoms with E-state index in [-0.39, 0.29) is 17.9 Å². The third-order valence-electron chi connectivity index (χ3n) is 4.24. The Hall–Kier alpha value is -1.92. The third-order valence-corrected chi connectivity index (χ3v) is 5.09. The van der Waals surface area contributed by atoms with E-state index in [0.717, 1.165) is 10.0 Å². The van der Waals surface area contributed by atoms with Crippen LogP contribution in [0.2, 0.25) is 5.02 Å².